The van der Waals surface area contributed by atoms with Gasteiger partial charge in [0.1, 0.15) is 6.04 Å². The Bertz CT molecular complexity index is 473. The lowest BCUT2D eigenvalue weighted by atomic mass is 9.99. The van der Waals surface area contributed by atoms with Gasteiger partial charge in [-0.15, -0.1) is 0 Å². The van der Waals surface area contributed by atoms with E-state index in [0.29, 0.717) is 0 Å². The zero-order valence-electron chi connectivity index (χ0n) is 12.7. The zero-order chi connectivity index (χ0) is 14.5. The van der Waals surface area contributed by atoms with Crippen LogP contribution in [0.3, 0.4) is 0 Å². The number of nitrogens with one attached hydrogen (secondary N) is 2. The van der Waals surface area contributed by atoms with Gasteiger partial charge in [-0.3, -0.25) is 4.79 Å². The predicted octanol–water partition coefficient (Wildman–Crippen LogP) is 1.82. The minimum absolute atomic E-state index is 0.0247. The van der Waals surface area contributed by atoms with Crippen molar-refractivity contribution in [2.45, 2.75) is 38.8 Å². The summed E-state index contributed by atoms with van der Waals surface area (Å²) in [7, 11) is 3.68. The third kappa shape index (κ3) is 3.12. The molecule has 1 aromatic rings. The summed E-state index contributed by atoms with van der Waals surface area (Å²) in [5, 5.41) is 5.97. The number of amides is 1. The number of nitrogens with zero attached hydrogens (tertiary/aromatic N) is 1. The highest BCUT2D eigenvalue weighted by Crippen LogP contribution is 2.26. The van der Waals surface area contributed by atoms with Crippen molar-refractivity contribution in [1.29, 1.82) is 0 Å². The lowest BCUT2D eigenvalue weighted by molar-refractivity contribution is -0.122. The van der Waals surface area contributed by atoms with Crippen LogP contribution in [-0.2, 0) is 11.3 Å². The van der Waals surface area contributed by atoms with E-state index in [1.54, 1.807) is 7.05 Å². The Morgan fingerprint density at radius 1 is 1.35 bits per heavy atom. The Morgan fingerprint density at radius 2 is 2.15 bits per heavy atom. The monoisotopic (exact) mass is 275 g/mol. The van der Waals surface area contributed by atoms with Crippen LogP contribution in [0.5, 0.6) is 0 Å². The fraction of sp³-hybridized carbons (Fsp3) is 0.562. The van der Waals surface area contributed by atoms with Crippen LogP contribution >= 0.6 is 0 Å². The first kappa shape index (κ1) is 14.9. The molecule has 2 rings (SSSR count). The van der Waals surface area contributed by atoms with Crippen molar-refractivity contribution in [3.8, 4) is 0 Å². The van der Waals surface area contributed by atoms with Gasteiger partial charge in [0.25, 0.3) is 0 Å². The predicted molar refractivity (Wildman–Crippen MR) is 83.0 cm³/mol. The van der Waals surface area contributed by atoms with Crippen molar-refractivity contribution in [1.82, 2.24) is 10.6 Å². The minimum atomic E-state index is -0.0247. The number of hydrogen-bond donors (Lipinski definition) is 2. The first-order chi connectivity index (χ1) is 9.67. The molecule has 20 heavy (non-hydrogen) atoms. The number of rotatable bonds is 4. The third-order valence-electron chi connectivity index (χ3n) is 4.08. The normalized spacial score (nSPS) is 18.9. The van der Waals surface area contributed by atoms with Gasteiger partial charge in [-0.1, -0.05) is 6.07 Å². The summed E-state index contributed by atoms with van der Waals surface area (Å²) in [5.41, 5.74) is 3.75. The zero-order valence-corrected chi connectivity index (χ0v) is 12.7. The Balaban J connectivity index is 2.23. The molecule has 0 radical (unpaired) electrons. The Labute approximate surface area is 121 Å². The summed E-state index contributed by atoms with van der Waals surface area (Å²) >= 11 is 0. The summed E-state index contributed by atoms with van der Waals surface area (Å²) in [5.74, 6) is 0.127. The van der Waals surface area contributed by atoms with Gasteiger partial charge in [-0.25, -0.2) is 0 Å². The highest BCUT2D eigenvalue weighted by Gasteiger charge is 2.28. The fourth-order valence-corrected chi connectivity index (χ4v) is 2.93. The molecule has 1 saturated heterocycles. The summed E-state index contributed by atoms with van der Waals surface area (Å²) < 4.78 is 0. The Morgan fingerprint density at radius 3 is 2.80 bits per heavy atom. The van der Waals surface area contributed by atoms with Crippen molar-refractivity contribution >= 4 is 11.6 Å². The van der Waals surface area contributed by atoms with Crippen LogP contribution in [0.15, 0.2) is 18.2 Å². The number of aryl methyl sites for hydroxylation is 1. The molecule has 0 spiro atoms. The molecule has 0 aromatic heterocycles. The standard InChI is InChI=1S/C16H25N3O/c1-12-10-14(8-7-13(12)11-17-2)19-9-5-4-6-15(19)16(20)18-3/h7-8,10,15,17H,4-6,9,11H2,1-3H3,(H,18,20). The number of hydrogen-bond acceptors (Lipinski definition) is 3. The number of anilines is 1. The summed E-state index contributed by atoms with van der Waals surface area (Å²) in [4.78, 5) is 14.3. The van der Waals surface area contributed by atoms with Crippen LogP contribution in [0.1, 0.15) is 30.4 Å². The van der Waals surface area contributed by atoms with E-state index in [1.807, 2.05) is 7.05 Å². The Kier molecular flexibility index (Phi) is 5.01. The second-order valence-corrected chi connectivity index (χ2v) is 5.46. The molecule has 110 valence electrons. The van der Waals surface area contributed by atoms with Gasteiger partial charge in [-0.2, -0.15) is 0 Å². The highest BCUT2D eigenvalue weighted by atomic mass is 16.2. The van der Waals surface area contributed by atoms with Crippen LogP contribution in [0.2, 0.25) is 0 Å². The second-order valence-electron chi connectivity index (χ2n) is 5.46. The molecule has 1 aromatic carbocycles. The average molecular weight is 275 g/mol. The highest BCUT2D eigenvalue weighted by molar-refractivity contribution is 5.85. The van der Waals surface area contributed by atoms with Gasteiger partial charge in [0.15, 0.2) is 0 Å². The maximum atomic E-state index is 12.0. The van der Waals surface area contributed by atoms with E-state index in [2.05, 4.69) is 40.7 Å². The summed E-state index contributed by atoms with van der Waals surface area (Å²) in [6.07, 6.45) is 3.23. The molecule has 4 nitrogen and oxygen atoms in total. The minimum Gasteiger partial charge on any atom is -0.360 e. The van der Waals surface area contributed by atoms with E-state index in [1.165, 1.54) is 11.1 Å². The van der Waals surface area contributed by atoms with Gasteiger partial charge >= 0.3 is 0 Å². The molecule has 1 atom stereocenters. The summed E-state index contributed by atoms with van der Waals surface area (Å²) in [6.45, 7) is 3.98. The van der Waals surface area contributed by atoms with Crippen molar-refractivity contribution in [2.75, 3.05) is 25.5 Å². The maximum Gasteiger partial charge on any atom is 0.242 e. The van der Waals surface area contributed by atoms with Crippen LogP contribution in [0, 0.1) is 6.92 Å². The van der Waals surface area contributed by atoms with E-state index in [9.17, 15) is 4.79 Å². The topological polar surface area (TPSA) is 44.4 Å². The molecule has 1 amide bonds. The Hall–Kier alpha value is -1.55. The quantitative estimate of drug-likeness (QED) is 0.881. The molecule has 1 unspecified atom stereocenters. The molecule has 1 aliphatic heterocycles. The molecule has 1 aliphatic rings. The first-order valence-electron chi connectivity index (χ1n) is 7.39. The number of benzene rings is 1. The number of likely N-dealkylation sites (N-methyl/N-ethyl adjacent to an activating group) is 1. The largest absolute Gasteiger partial charge is 0.360 e. The number of carbonyl (C=O) groups is 1. The molecular formula is C16H25N3O. The molecule has 2 N–H and O–H groups in total. The van der Waals surface area contributed by atoms with E-state index >= 15 is 0 Å². The number of piperidine rings is 1. The van der Waals surface area contributed by atoms with Crippen LogP contribution in [0.25, 0.3) is 0 Å². The first-order valence-corrected chi connectivity index (χ1v) is 7.39. The molecule has 4 heteroatoms. The fourth-order valence-electron chi connectivity index (χ4n) is 2.93. The van der Waals surface area contributed by atoms with Gasteiger partial charge in [0.2, 0.25) is 5.91 Å². The van der Waals surface area contributed by atoms with Crippen LogP contribution in [0.4, 0.5) is 5.69 Å². The van der Waals surface area contributed by atoms with Gasteiger partial charge < -0.3 is 15.5 Å². The van der Waals surface area contributed by atoms with Crippen molar-refractivity contribution in [2.24, 2.45) is 0 Å². The van der Waals surface area contributed by atoms with Gasteiger partial charge in [-0.05, 0) is 56.5 Å². The molecule has 1 fully saturated rings. The third-order valence-corrected chi connectivity index (χ3v) is 4.08. The smallest absolute Gasteiger partial charge is 0.242 e. The van der Waals surface area contributed by atoms with Crippen LogP contribution in [-0.4, -0.2) is 32.6 Å². The van der Waals surface area contributed by atoms with Crippen LogP contribution < -0.4 is 15.5 Å². The van der Waals surface area contributed by atoms with E-state index in [-0.39, 0.29) is 11.9 Å². The lowest BCUT2D eigenvalue weighted by Crippen LogP contribution is -2.48. The molecule has 1 heterocycles. The molecule has 0 aliphatic carbocycles. The lowest BCUT2D eigenvalue weighted by Gasteiger charge is -2.36. The maximum absolute atomic E-state index is 12.0. The van der Waals surface area contributed by atoms with Crippen molar-refractivity contribution in [3.05, 3.63) is 29.3 Å². The van der Waals surface area contributed by atoms with E-state index < -0.39 is 0 Å². The average Bonchev–Trinajstić information content (AvgIpc) is 2.48. The second kappa shape index (κ2) is 6.75. The van der Waals surface area contributed by atoms with Gasteiger partial charge in [0.05, 0.1) is 0 Å². The van der Waals surface area contributed by atoms with Crippen molar-refractivity contribution in [3.63, 3.8) is 0 Å². The summed E-state index contributed by atoms with van der Waals surface area (Å²) in [6, 6.07) is 6.48. The van der Waals surface area contributed by atoms with E-state index in [4.69, 9.17) is 0 Å². The molecular weight excluding hydrogens is 250 g/mol. The SMILES string of the molecule is CNCc1ccc(N2CCCCC2C(=O)NC)cc1C. The van der Waals surface area contributed by atoms with Gasteiger partial charge in [0, 0.05) is 25.8 Å². The molecule has 0 bridgehead atoms. The van der Waals surface area contributed by atoms with E-state index in [0.717, 1.165) is 38.0 Å². The number of carbonyl (C=O) groups excluding carboxylic acids is 1. The molecule has 0 saturated carbocycles. The van der Waals surface area contributed by atoms with Crippen molar-refractivity contribution < 1.29 is 4.79 Å².